The van der Waals surface area contributed by atoms with E-state index in [9.17, 15) is 21.6 Å². The summed E-state index contributed by atoms with van der Waals surface area (Å²) in [6, 6.07) is 10.4. The van der Waals surface area contributed by atoms with Crippen LogP contribution in [0.25, 0.3) is 0 Å². The van der Waals surface area contributed by atoms with Gasteiger partial charge in [0.15, 0.2) is 0 Å². The number of carbonyl (C=O) groups excluding carboxylic acids is 1. The first-order valence-corrected chi connectivity index (χ1v) is 14.0. The van der Waals surface area contributed by atoms with Crippen LogP contribution in [0.3, 0.4) is 0 Å². The number of aryl methyl sites for hydroxylation is 1. The van der Waals surface area contributed by atoms with E-state index < -0.39 is 26.0 Å². The highest BCUT2D eigenvalue weighted by atomic mass is 32.2. The molecule has 0 aliphatic carbocycles. The van der Waals surface area contributed by atoms with Crippen molar-refractivity contribution in [3.8, 4) is 0 Å². The summed E-state index contributed by atoms with van der Waals surface area (Å²) in [5.74, 6) is -0.447. The summed E-state index contributed by atoms with van der Waals surface area (Å²) in [5.41, 5.74) is 1.38. The van der Waals surface area contributed by atoms with Crippen LogP contribution in [0, 0.1) is 6.92 Å². The molecule has 1 amide bonds. The molecule has 1 aliphatic rings. The van der Waals surface area contributed by atoms with E-state index in [4.69, 9.17) is 0 Å². The van der Waals surface area contributed by atoms with E-state index in [1.54, 1.807) is 26.8 Å². The molecule has 1 saturated heterocycles. The minimum atomic E-state index is -3.66. The molecule has 0 bridgehead atoms. The second kappa shape index (κ2) is 10.3. The standard InChI is InChI=1S/C23H31N3O5S2/c1-4-25(5-2)33(30,31)21-12-9-18(3)22(17-21)24-23(27)19-10-13-20(14-11-19)32(28,29)26-15-7-6-8-16-26/h9-14,17H,4-8,15-16H2,1-3H3,(H,24,27). The molecular formula is C23H31N3O5S2. The highest BCUT2D eigenvalue weighted by Crippen LogP contribution is 2.24. The van der Waals surface area contributed by atoms with Crippen LogP contribution >= 0.6 is 0 Å². The van der Waals surface area contributed by atoms with E-state index in [0.29, 0.717) is 37.4 Å². The summed E-state index contributed by atoms with van der Waals surface area (Å²) in [6.45, 7) is 7.03. The monoisotopic (exact) mass is 493 g/mol. The normalized spacial score (nSPS) is 15.5. The number of sulfonamides is 2. The summed E-state index contributed by atoms with van der Waals surface area (Å²) in [4.78, 5) is 13.1. The van der Waals surface area contributed by atoms with E-state index in [1.807, 2.05) is 0 Å². The molecule has 2 aromatic rings. The predicted molar refractivity (Wildman–Crippen MR) is 128 cm³/mol. The van der Waals surface area contributed by atoms with Crippen LogP contribution in [0.5, 0.6) is 0 Å². The molecule has 1 heterocycles. The van der Waals surface area contributed by atoms with Gasteiger partial charge in [-0.3, -0.25) is 4.79 Å². The molecule has 0 saturated carbocycles. The molecule has 0 aromatic heterocycles. The molecule has 0 radical (unpaired) electrons. The van der Waals surface area contributed by atoms with Crippen molar-refractivity contribution in [3.05, 3.63) is 53.6 Å². The lowest BCUT2D eigenvalue weighted by atomic mass is 10.1. The zero-order chi connectivity index (χ0) is 24.2. The fraction of sp³-hybridized carbons (Fsp3) is 0.435. The van der Waals surface area contributed by atoms with Gasteiger partial charge in [0, 0.05) is 37.4 Å². The molecule has 33 heavy (non-hydrogen) atoms. The molecule has 3 rings (SSSR count). The highest BCUT2D eigenvalue weighted by molar-refractivity contribution is 7.89. The average molecular weight is 494 g/mol. The maximum Gasteiger partial charge on any atom is 0.255 e. The third kappa shape index (κ3) is 5.46. The molecular weight excluding hydrogens is 462 g/mol. The van der Waals surface area contributed by atoms with E-state index in [0.717, 1.165) is 19.3 Å². The molecule has 0 atom stereocenters. The summed E-state index contributed by atoms with van der Waals surface area (Å²) in [7, 11) is -7.24. The van der Waals surface area contributed by atoms with Crippen molar-refractivity contribution >= 4 is 31.6 Å². The van der Waals surface area contributed by atoms with Crippen molar-refractivity contribution in [2.75, 3.05) is 31.5 Å². The molecule has 8 nitrogen and oxygen atoms in total. The number of hydrogen-bond acceptors (Lipinski definition) is 5. The second-order valence-corrected chi connectivity index (χ2v) is 11.9. The first-order valence-electron chi connectivity index (χ1n) is 11.1. The maximum atomic E-state index is 12.8. The quantitative estimate of drug-likeness (QED) is 0.607. The molecule has 0 unspecified atom stereocenters. The van der Waals surface area contributed by atoms with Gasteiger partial charge in [0.1, 0.15) is 0 Å². The Morgan fingerprint density at radius 1 is 0.909 bits per heavy atom. The number of rotatable bonds is 8. The number of nitrogens with zero attached hydrogens (tertiary/aromatic N) is 2. The number of hydrogen-bond donors (Lipinski definition) is 1. The Morgan fingerprint density at radius 3 is 2.06 bits per heavy atom. The highest BCUT2D eigenvalue weighted by Gasteiger charge is 2.26. The SMILES string of the molecule is CCN(CC)S(=O)(=O)c1ccc(C)c(NC(=O)c2ccc(S(=O)(=O)N3CCCCC3)cc2)c1. The molecule has 10 heteroatoms. The average Bonchev–Trinajstić information content (AvgIpc) is 2.81. The van der Waals surface area contributed by atoms with Gasteiger partial charge < -0.3 is 5.32 Å². The van der Waals surface area contributed by atoms with E-state index in [2.05, 4.69) is 5.32 Å². The first kappa shape index (κ1) is 25.4. The Labute approximate surface area is 196 Å². The van der Waals surface area contributed by atoms with Gasteiger partial charge in [-0.05, 0) is 61.7 Å². The van der Waals surface area contributed by atoms with Crippen molar-refractivity contribution in [1.82, 2.24) is 8.61 Å². The molecule has 2 aromatic carbocycles. The van der Waals surface area contributed by atoms with E-state index >= 15 is 0 Å². The first-order chi connectivity index (χ1) is 15.6. The molecule has 0 spiro atoms. The van der Waals surface area contributed by atoms with E-state index in [-0.39, 0.29) is 15.4 Å². The summed E-state index contributed by atoms with van der Waals surface area (Å²) >= 11 is 0. The number of nitrogens with one attached hydrogen (secondary N) is 1. The third-order valence-corrected chi connectivity index (χ3v) is 9.83. The largest absolute Gasteiger partial charge is 0.322 e. The summed E-state index contributed by atoms with van der Waals surface area (Å²) < 4.78 is 54.1. The van der Waals surface area contributed by atoms with Crippen LogP contribution < -0.4 is 5.32 Å². The van der Waals surface area contributed by atoms with Gasteiger partial charge in [-0.25, -0.2) is 16.8 Å². The van der Waals surface area contributed by atoms with Gasteiger partial charge in [-0.1, -0.05) is 26.3 Å². The molecule has 1 N–H and O–H groups in total. The zero-order valence-corrected chi connectivity index (χ0v) is 20.9. The van der Waals surface area contributed by atoms with Crippen LogP contribution in [0.15, 0.2) is 52.3 Å². The molecule has 180 valence electrons. The Morgan fingerprint density at radius 2 is 1.48 bits per heavy atom. The van der Waals surface area contributed by atoms with Crippen LogP contribution in [0.2, 0.25) is 0 Å². The Balaban J connectivity index is 1.80. The lowest BCUT2D eigenvalue weighted by Gasteiger charge is -2.25. The van der Waals surface area contributed by atoms with Crippen molar-refractivity contribution in [3.63, 3.8) is 0 Å². The minimum Gasteiger partial charge on any atom is -0.322 e. The Kier molecular flexibility index (Phi) is 7.94. The molecule has 1 fully saturated rings. The zero-order valence-electron chi connectivity index (χ0n) is 19.2. The van der Waals surface area contributed by atoms with Crippen LogP contribution in [0.4, 0.5) is 5.69 Å². The van der Waals surface area contributed by atoms with Gasteiger partial charge in [0.25, 0.3) is 5.91 Å². The number of anilines is 1. The fourth-order valence-corrected chi connectivity index (χ4v) is 6.84. The van der Waals surface area contributed by atoms with Crippen LogP contribution in [-0.2, 0) is 20.0 Å². The molecule has 1 aliphatic heterocycles. The predicted octanol–water partition coefficient (Wildman–Crippen LogP) is 3.45. The Hall–Kier alpha value is -2.27. The summed E-state index contributed by atoms with van der Waals surface area (Å²) in [6.07, 6.45) is 2.73. The van der Waals surface area contributed by atoms with Crippen LogP contribution in [-0.4, -0.2) is 57.5 Å². The lowest BCUT2D eigenvalue weighted by Crippen LogP contribution is -2.35. The topological polar surface area (TPSA) is 104 Å². The smallest absolute Gasteiger partial charge is 0.255 e. The third-order valence-electron chi connectivity index (χ3n) is 5.87. The van der Waals surface area contributed by atoms with Gasteiger partial charge in [-0.15, -0.1) is 0 Å². The number of piperidine rings is 1. The maximum absolute atomic E-state index is 12.8. The van der Waals surface area contributed by atoms with Crippen molar-refractivity contribution in [2.24, 2.45) is 0 Å². The minimum absolute atomic E-state index is 0.107. The lowest BCUT2D eigenvalue weighted by molar-refractivity contribution is 0.102. The second-order valence-electron chi connectivity index (χ2n) is 8.01. The van der Waals surface area contributed by atoms with Crippen LogP contribution in [0.1, 0.15) is 49.0 Å². The number of benzene rings is 2. The number of carbonyl (C=O) groups is 1. The Bertz CT molecular complexity index is 1200. The van der Waals surface area contributed by atoms with Gasteiger partial charge in [0.2, 0.25) is 20.0 Å². The van der Waals surface area contributed by atoms with Gasteiger partial charge in [-0.2, -0.15) is 8.61 Å². The van der Waals surface area contributed by atoms with E-state index in [1.165, 1.54) is 45.0 Å². The van der Waals surface area contributed by atoms with Crippen molar-refractivity contribution in [1.29, 1.82) is 0 Å². The van der Waals surface area contributed by atoms with Crippen molar-refractivity contribution < 1.29 is 21.6 Å². The summed E-state index contributed by atoms with van der Waals surface area (Å²) in [5, 5.41) is 2.75. The van der Waals surface area contributed by atoms with Gasteiger partial charge >= 0.3 is 0 Å². The fourth-order valence-electron chi connectivity index (χ4n) is 3.84. The van der Waals surface area contributed by atoms with Gasteiger partial charge in [0.05, 0.1) is 9.79 Å². The number of amides is 1. The van der Waals surface area contributed by atoms with Crippen molar-refractivity contribution in [2.45, 2.75) is 49.8 Å².